The molecule has 7 nitrogen and oxygen atoms in total. The Hall–Kier alpha value is -1.80. The molecule has 0 atom stereocenters. The first-order valence-electron chi connectivity index (χ1n) is 5.97. The molecule has 0 saturated carbocycles. The lowest BCUT2D eigenvalue weighted by Crippen LogP contribution is -2.10. The maximum absolute atomic E-state index is 11.6. The van der Waals surface area contributed by atoms with Crippen LogP contribution in [0, 0.1) is 0 Å². The SMILES string of the molecule is CNCc1nnc(SCc2cc(=O)c(OC)co2)n1C. The van der Waals surface area contributed by atoms with Crippen LogP contribution in [0.3, 0.4) is 0 Å². The van der Waals surface area contributed by atoms with Crippen molar-refractivity contribution in [2.45, 2.75) is 17.5 Å². The normalized spacial score (nSPS) is 10.8. The highest BCUT2D eigenvalue weighted by Crippen LogP contribution is 2.21. The van der Waals surface area contributed by atoms with E-state index in [1.165, 1.54) is 31.2 Å². The fraction of sp³-hybridized carbons (Fsp3) is 0.417. The van der Waals surface area contributed by atoms with Gasteiger partial charge >= 0.3 is 0 Å². The van der Waals surface area contributed by atoms with Gasteiger partial charge in [-0.2, -0.15) is 0 Å². The van der Waals surface area contributed by atoms with Gasteiger partial charge in [0.1, 0.15) is 17.8 Å². The minimum Gasteiger partial charge on any atom is -0.490 e. The third-order valence-corrected chi connectivity index (χ3v) is 3.72. The second-order valence-electron chi connectivity index (χ2n) is 4.06. The summed E-state index contributed by atoms with van der Waals surface area (Å²) in [7, 11) is 5.19. The molecule has 2 aromatic rings. The maximum Gasteiger partial charge on any atom is 0.227 e. The summed E-state index contributed by atoms with van der Waals surface area (Å²) < 4.78 is 12.1. The highest BCUT2D eigenvalue weighted by atomic mass is 32.2. The Morgan fingerprint density at radius 2 is 2.30 bits per heavy atom. The third kappa shape index (κ3) is 3.20. The number of nitrogens with one attached hydrogen (secondary N) is 1. The van der Waals surface area contributed by atoms with Gasteiger partial charge in [-0.3, -0.25) is 4.79 Å². The molecule has 0 spiro atoms. The van der Waals surface area contributed by atoms with Gasteiger partial charge in [-0.1, -0.05) is 11.8 Å². The molecule has 0 unspecified atom stereocenters. The number of nitrogens with zero attached hydrogens (tertiary/aromatic N) is 3. The van der Waals surface area contributed by atoms with Crippen molar-refractivity contribution in [1.29, 1.82) is 0 Å². The summed E-state index contributed by atoms with van der Waals surface area (Å²) in [6.07, 6.45) is 1.32. The van der Waals surface area contributed by atoms with Crippen LogP contribution in [0.1, 0.15) is 11.6 Å². The quantitative estimate of drug-likeness (QED) is 0.789. The lowest BCUT2D eigenvalue weighted by atomic mass is 10.4. The lowest BCUT2D eigenvalue weighted by molar-refractivity contribution is 0.381. The molecule has 0 aliphatic carbocycles. The van der Waals surface area contributed by atoms with Gasteiger partial charge in [0, 0.05) is 13.1 Å². The molecule has 8 heteroatoms. The molecule has 2 heterocycles. The van der Waals surface area contributed by atoms with E-state index in [-0.39, 0.29) is 11.2 Å². The van der Waals surface area contributed by atoms with Crippen molar-refractivity contribution in [3.05, 3.63) is 34.1 Å². The molecule has 0 radical (unpaired) electrons. The summed E-state index contributed by atoms with van der Waals surface area (Å²) in [6, 6.07) is 1.43. The fourth-order valence-electron chi connectivity index (χ4n) is 1.58. The molecule has 0 saturated heterocycles. The van der Waals surface area contributed by atoms with E-state index in [1.807, 2.05) is 18.7 Å². The van der Waals surface area contributed by atoms with Crippen molar-refractivity contribution in [1.82, 2.24) is 20.1 Å². The van der Waals surface area contributed by atoms with E-state index in [0.29, 0.717) is 18.1 Å². The van der Waals surface area contributed by atoms with Crippen LogP contribution >= 0.6 is 11.8 Å². The molecule has 20 heavy (non-hydrogen) atoms. The third-order valence-electron chi connectivity index (χ3n) is 2.68. The van der Waals surface area contributed by atoms with Crippen molar-refractivity contribution in [3.8, 4) is 5.75 Å². The van der Waals surface area contributed by atoms with Crippen molar-refractivity contribution >= 4 is 11.8 Å². The summed E-state index contributed by atoms with van der Waals surface area (Å²) >= 11 is 1.46. The number of ether oxygens (including phenoxy) is 1. The minimum absolute atomic E-state index is 0.191. The van der Waals surface area contributed by atoms with Gasteiger partial charge in [-0.15, -0.1) is 10.2 Å². The Balaban J connectivity index is 2.05. The summed E-state index contributed by atoms with van der Waals surface area (Å²) in [4.78, 5) is 11.6. The standard InChI is InChI=1S/C12H16N4O3S/c1-13-5-11-14-15-12(16(11)2)20-7-8-4-9(17)10(18-3)6-19-8/h4,6,13H,5,7H2,1-3H3. The fourth-order valence-corrected chi connectivity index (χ4v) is 2.40. The zero-order valence-electron chi connectivity index (χ0n) is 11.5. The van der Waals surface area contributed by atoms with E-state index >= 15 is 0 Å². The number of rotatable bonds is 6. The second-order valence-corrected chi connectivity index (χ2v) is 5.00. The van der Waals surface area contributed by atoms with E-state index in [9.17, 15) is 4.79 Å². The Bertz CT molecular complexity index is 638. The molecule has 2 rings (SSSR count). The predicted molar refractivity (Wildman–Crippen MR) is 74.9 cm³/mol. The molecule has 1 N–H and O–H groups in total. The Kier molecular flexibility index (Phi) is 4.80. The second kappa shape index (κ2) is 6.58. The van der Waals surface area contributed by atoms with Crippen molar-refractivity contribution < 1.29 is 9.15 Å². The van der Waals surface area contributed by atoms with E-state index < -0.39 is 0 Å². The monoisotopic (exact) mass is 296 g/mol. The summed E-state index contributed by atoms with van der Waals surface area (Å²) in [5.41, 5.74) is -0.191. The van der Waals surface area contributed by atoms with Crippen molar-refractivity contribution in [2.24, 2.45) is 7.05 Å². The average molecular weight is 296 g/mol. The summed E-state index contributed by atoms with van der Waals surface area (Å²) in [5.74, 6) is 2.13. The minimum atomic E-state index is -0.191. The summed E-state index contributed by atoms with van der Waals surface area (Å²) in [5, 5.41) is 12.0. The van der Waals surface area contributed by atoms with Gasteiger partial charge in [0.2, 0.25) is 11.2 Å². The first-order valence-corrected chi connectivity index (χ1v) is 6.95. The van der Waals surface area contributed by atoms with Gasteiger partial charge in [0.05, 0.1) is 19.4 Å². The van der Waals surface area contributed by atoms with Gasteiger partial charge in [-0.05, 0) is 7.05 Å². The van der Waals surface area contributed by atoms with Crippen LogP contribution in [-0.2, 0) is 19.3 Å². The Morgan fingerprint density at radius 1 is 1.50 bits per heavy atom. The molecule has 2 aromatic heterocycles. The molecule has 0 amide bonds. The number of hydrogen-bond acceptors (Lipinski definition) is 7. The van der Waals surface area contributed by atoms with Crippen LogP contribution in [0.2, 0.25) is 0 Å². The topological polar surface area (TPSA) is 82.2 Å². The molecule has 0 bridgehead atoms. The van der Waals surface area contributed by atoms with Crippen LogP contribution in [0.5, 0.6) is 5.75 Å². The zero-order valence-corrected chi connectivity index (χ0v) is 12.4. The van der Waals surface area contributed by atoms with Crippen LogP contribution in [0.25, 0.3) is 0 Å². The highest BCUT2D eigenvalue weighted by Gasteiger charge is 2.10. The molecular formula is C12H16N4O3S. The van der Waals surface area contributed by atoms with Crippen molar-refractivity contribution in [2.75, 3.05) is 14.2 Å². The van der Waals surface area contributed by atoms with E-state index in [0.717, 1.165) is 11.0 Å². The van der Waals surface area contributed by atoms with Gasteiger partial charge in [0.15, 0.2) is 5.16 Å². The molecular weight excluding hydrogens is 280 g/mol. The molecule has 108 valence electrons. The Labute approximate surface area is 120 Å². The van der Waals surface area contributed by atoms with Gasteiger partial charge in [0.25, 0.3) is 0 Å². The van der Waals surface area contributed by atoms with Crippen LogP contribution < -0.4 is 15.5 Å². The number of methoxy groups -OCH3 is 1. The predicted octanol–water partition coefficient (Wildman–Crippen LogP) is 0.789. The van der Waals surface area contributed by atoms with Crippen LogP contribution in [0.4, 0.5) is 0 Å². The average Bonchev–Trinajstić information content (AvgIpc) is 2.78. The molecule has 0 aliphatic rings. The van der Waals surface area contributed by atoms with Gasteiger partial charge < -0.3 is 19.0 Å². The maximum atomic E-state index is 11.6. The van der Waals surface area contributed by atoms with Gasteiger partial charge in [-0.25, -0.2) is 0 Å². The highest BCUT2D eigenvalue weighted by molar-refractivity contribution is 7.98. The lowest BCUT2D eigenvalue weighted by Gasteiger charge is -2.03. The molecule has 0 aliphatic heterocycles. The van der Waals surface area contributed by atoms with E-state index in [2.05, 4.69) is 15.5 Å². The largest absolute Gasteiger partial charge is 0.490 e. The smallest absolute Gasteiger partial charge is 0.227 e. The number of thioether (sulfide) groups is 1. The number of hydrogen-bond donors (Lipinski definition) is 1. The molecule has 0 fully saturated rings. The summed E-state index contributed by atoms with van der Waals surface area (Å²) in [6.45, 7) is 0.654. The van der Waals surface area contributed by atoms with Crippen LogP contribution in [-0.4, -0.2) is 28.9 Å². The van der Waals surface area contributed by atoms with Crippen LogP contribution in [0.15, 0.2) is 26.7 Å². The van der Waals surface area contributed by atoms with Crippen molar-refractivity contribution in [3.63, 3.8) is 0 Å². The molecule has 0 aromatic carbocycles. The number of aromatic nitrogens is 3. The zero-order chi connectivity index (χ0) is 14.5. The first-order chi connectivity index (χ1) is 9.65. The van der Waals surface area contributed by atoms with E-state index in [4.69, 9.17) is 9.15 Å². The van der Waals surface area contributed by atoms with E-state index in [1.54, 1.807) is 0 Å². The first kappa shape index (κ1) is 14.6. The Morgan fingerprint density at radius 3 is 2.95 bits per heavy atom.